The number of benzene rings is 1. The first kappa shape index (κ1) is 10.3. The molecule has 1 heterocycles. The maximum Gasteiger partial charge on any atom is 0.271 e. The van der Waals surface area contributed by atoms with Crippen LogP contribution in [-0.2, 0) is 9.59 Å². The molecule has 1 fully saturated rings. The lowest BCUT2D eigenvalue weighted by molar-refractivity contribution is -0.384. The van der Waals surface area contributed by atoms with Crippen molar-refractivity contribution in [3.05, 3.63) is 34.4 Å². The molecule has 0 atom stereocenters. The van der Waals surface area contributed by atoms with E-state index >= 15 is 0 Å². The molecule has 1 saturated heterocycles. The molecule has 82 valence electrons. The van der Waals surface area contributed by atoms with Gasteiger partial charge in [0.1, 0.15) is 0 Å². The summed E-state index contributed by atoms with van der Waals surface area (Å²) in [5.41, 5.74) is 0.131. The Kier molecular flexibility index (Phi) is 2.40. The molecule has 2 rings (SSSR count). The van der Waals surface area contributed by atoms with Crippen molar-refractivity contribution >= 4 is 23.2 Å². The number of nitrogens with zero attached hydrogens (tertiary/aromatic N) is 2. The average Bonchev–Trinajstić information content (AvgIpc) is 2.59. The van der Waals surface area contributed by atoms with Crippen molar-refractivity contribution in [2.75, 3.05) is 4.90 Å². The van der Waals surface area contributed by atoms with Crippen LogP contribution in [-0.4, -0.2) is 16.7 Å². The van der Waals surface area contributed by atoms with Crippen LogP contribution in [0.25, 0.3) is 0 Å². The molecule has 6 heteroatoms. The van der Waals surface area contributed by atoms with Crippen LogP contribution < -0.4 is 4.90 Å². The number of imide groups is 1. The van der Waals surface area contributed by atoms with E-state index in [1.54, 1.807) is 0 Å². The van der Waals surface area contributed by atoms with E-state index in [4.69, 9.17) is 0 Å². The minimum Gasteiger partial charge on any atom is -0.274 e. The van der Waals surface area contributed by atoms with Crippen LogP contribution in [0.2, 0.25) is 0 Å². The Morgan fingerprint density at radius 1 is 1.19 bits per heavy atom. The zero-order valence-electron chi connectivity index (χ0n) is 8.25. The molecule has 0 unspecified atom stereocenters. The number of non-ortho nitro benzene ring substituents is 1. The highest BCUT2D eigenvalue weighted by Gasteiger charge is 2.30. The maximum absolute atomic E-state index is 11.4. The summed E-state index contributed by atoms with van der Waals surface area (Å²) in [7, 11) is 0. The lowest BCUT2D eigenvalue weighted by atomic mass is 10.2. The van der Waals surface area contributed by atoms with Crippen LogP contribution >= 0.6 is 0 Å². The fraction of sp³-hybridized carbons (Fsp3) is 0.200. The highest BCUT2D eigenvalue weighted by molar-refractivity contribution is 6.19. The first-order chi connectivity index (χ1) is 7.59. The quantitative estimate of drug-likeness (QED) is 0.426. The lowest BCUT2D eigenvalue weighted by Crippen LogP contribution is -2.28. The van der Waals surface area contributed by atoms with Gasteiger partial charge in [-0.1, -0.05) is 6.07 Å². The largest absolute Gasteiger partial charge is 0.274 e. The summed E-state index contributed by atoms with van der Waals surface area (Å²) in [6.45, 7) is 0. The SMILES string of the molecule is O=C1CCC(=O)N1c1cccc([N+](=O)[O-])c1. The number of nitro groups is 1. The van der Waals surface area contributed by atoms with Crippen molar-refractivity contribution in [2.24, 2.45) is 0 Å². The van der Waals surface area contributed by atoms with Gasteiger partial charge in [-0.15, -0.1) is 0 Å². The van der Waals surface area contributed by atoms with Gasteiger partial charge < -0.3 is 0 Å². The van der Waals surface area contributed by atoms with Crippen LogP contribution in [0, 0.1) is 10.1 Å². The second kappa shape index (κ2) is 3.73. The standard InChI is InChI=1S/C10H8N2O4/c13-9-4-5-10(14)11(9)7-2-1-3-8(6-7)12(15)16/h1-3,6H,4-5H2. The molecule has 0 aromatic heterocycles. The minimum absolute atomic E-state index is 0.134. The van der Waals surface area contributed by atoms with Gasteiger partial charge in [0.05, 0.1) is 10.6 Å². The Morgan fingerprint density at radius 3 is 2.38 bits per heavy atom. The number of rotatable bonds is 2. The van der Waals surface area contributed by atoms with Gasteiger partial charge in [0.25, 0.3) is 5.69 Å². The summed E-state index contributed by atoms with van der Waals surface area (Å²) in [6.07, 6.45) is 0.336. The molecule has 0 radical (unpaired) electrons. The number of nitro benzene ring substituents is 1. The molecular formula is C10H8N2O4. The highest BCUT2D eigenvalue weighted by atomic mass is 16.6. The number of hydrogen-bond donors (Lipinski definition) is 0. The Bertz CT molecular complexity index is 467. The van der Waals surface area contributed by atoms with E-state index in [-0.39, 0.29) is 36.0 Å². The summed E-state index contributed by atoms with van der Waals surface area (Å²) < 4.78 is 0. The molecule has 2 amide bonds. The third kappa shape index (κ3) is 1.65. The predicted octanol–water partition coefficient (Wildman–Crippen LogP) is 1.25. The van der Waals surface area contributed by atoms with E-state index in [0.717, 1.165) is 4.90 Å². The number of hydrogen-bond acceptors (Lipinski definition) is 4. The van der Waals surface area contributed by atoms with Gasteiger partial charge in [-0.2, -0.15) is 0 Å². The predicted molar refractivity (Wildman–Crippen MR) is 54.8 cm³/mol. The Balaban J connectivity index is 2.40. The molecule has 1 aromatic carbocycles. The Hall–Kier alpha value is -2.24. The number of amides is 2. The molecule has 0 aliphatic carbocycles. The van der Waals surface area contributed by atoms with Crippen molar-refractivity contribution in [1.82, 2.24) is 0 Å². The second-order valence-corrected chi connectivity index (χ2v) is 3.40. The molecular weight excluding hydrogens is 212 g/mol. The number of carbonyl (C=O) groups is 2. The Labute approximate surface area is 90.6 Å². The van der Waals surface area contributed by atoms with E-state index in [1.165, 1.54) is 24.3 Å². The fourth-order valence-electron chi connectivity index (χ4n) is 1.61. The Morgan fingerprint density at radius 2 is 1.81 bits per heavy atom. The van der Waals surface area contributed by atoms with Crippen molar-refractivity contribution in [3.63, 3.8) is 0 Å². The van der Waals surface area contributed by atoms with Crippen LogP contribution in [0.15, 0.2) is 24.3 Å². The monoisotopic (exact) mass is 220 g/mol. The lowest BCUT2D eigenvalue weighted by Gasteiger charge is -2.12. The number of anilines is 1. The fourth-order valence-corrected chi connectivity index (χ4v) is 1.61. The molecule has 1 aliphatic heterocycles. The highest BCUT2D eigenvalue weighted by Crippen LogP contribution is 2.25. The van der Waals surface area contributed by atoms with Gasteiger partial charge >= 0.3 is 0 Å². The topological polar surface area (TPSA) is 80.5 Å². The summed E-state index contributed by atoms with van der Waals surface area (Å²) in [6, 6.07) is 5.50. The van der Waals surface area contributed by atoms with Gasteiger partial charge in [-0.25, -0.2) is 0 Å². The van der Waals surface area contributed by atoms with Crippen molar-refractivity contribution in [1.29, 1.82) is 0 Å². The van der Waals surface area contributed by atoms with Crippen LogP contribution in [0.4, 0.5) is 11.4 Å². The maximum atomic E-state index is 11.4. The zero-order chi connectivity index (χ0) is 11.7. The summed E-state index contributed by atoms with van der Waals surface area (Å²) in [5.74, 6) is -0.629. The molecule has 6 nitrogen and oxygen atoms in total. The van der Waals surface area contributed by atoms with Crippen LogP contribution in [0.1, 0.15) is 12.8 Å². The van der Waals surface area contributed by atoms with Gasteiger partial charge in [0.2, 0.25) is 11.8 Å². The first-order valence-corrected chi connectivity index (χ1v) is 4.70. The van der Waals surface area contributed by atoms with Crippen molar-refractivity contribution in [3.8, 4) is 0 Å². The number of carbonyl (C=O) groups excluding carboxylic acids is 2. The molecule has 0 bridgehead atoms. The van der Waals surface area contributed by atoms with Crippen molar-refractivity contribution in [2.45, 2.75) is 12.8 Å². The average molecular weight is 220 g/mol. The molecule has 0 spiro atoms. The third-order valence-corrected chi connectivity index (χ3v) is 2.35. The zero-order valence-corrected chi connectivity index (χ0v) is 8.25. The van der Waals surface area contributed by atoms with E-state index in [9.17, 15) is 19.7 Å². The van der Waals surface area contributed by atoms with E-state index in [1.807, 2.05) is 0 Å². The van der Waals surface area contributed by atoms with E-state index in [0.29, 0.717) is 0 Å². The van der Waals surface area contributed by atoms with E-state index < -0.39 is 4.92 Å². The van der Waals surface area contributed by atoms with Gasteiger partial charge in [0.15, 0.2) is 0 Å². The smallest absolute Gasteiger partial charge is 0.271 e. The molecule has 0 N–H and O–H groups in total. The summed E-state index contributed by atoms with van der Waals surface area (Å²) in [5, 5.41) is 10.5. The molecule has 1 aromatic rings. The van der Waals surface area contributed by atoms with Crippen LogP contribution in [0.3, 0.4) is 0 Å². The normalized spacial score (nSPS) is 15.6. The minimum atomic E-state index is -0.561. The van der Waals surface area contributed by atoms with E-state index in [2.05, 4.69) is 0 Å². The molecule has 0 saturated carbocycles. The third-order valence-electron chi connectivity index (χ3n) is 2.35. The molecule has 16 heavy (non-hydrogen) atoms. The van der Waals surface area contributed by atoms with Gasteiger partial charge in [-0.05, 0) is 6.07 Å². The summed E-state index contributed by atoms with van der Waals surface area (Å²) >= 11 is 0. The van der Waals surface area contributed by atoms with Crippen LogP contribution in [0.5, 0.6) is 0 Å². The van der Waals surface area contributed by atoms with Crippen molar-refractivity contribution < 1.29 is 14.5 Å². The summed E-state index contributed by atoms with van der Waals surface area (Å²) in [4.78, 5) is 33.8. The first-order valence-electron chi connectivity index (χ1n) is 4.70. The van der Waals surface area contributed by atoms with Gasteiger partial charge in [-0.3, -0.25) is 24.6 Å². The molecule has 1 aliphatic rings. The second-order valence-electron chi connectivity index (χ2n) is 3.40. The van der Waals surface area contributed by atoms with Gasteiger partial charge in [0, 0.05) is 25.0 Å².